The molecule has 0 spiro atoms. The van der Waals surface area contributed by atoms with Gasteiger partial charge in [0.25, 0.3) is 0 Å². The number of carbonyl (C=O) groups is 1. The molecular weight excluding hydrogens is 328 g/mol. The van der Waals surface area contributed by atoms with Gasteiger partial charge in [0.1, 0.15) is 0 Å². The van der Waals surface area contributed by atoms with Gasteiger partial charge >= 0.3 is 0 Å². The first-order chi connectivity index (χ1) is 12.6. The van der Waals surface area contributed by atoms with Crippen molar-refractivity contribution < 1.29 is 4.79 Å². The van der Waals surface area contributed by atoms with Crippen molar-refractivity contribution in [1.29, 1.82) is 0 Å². The number of rotatable bonds is 4. The molecule has 1 aromatic rings. The van der Waals surface area contributed by atoms with Gasteiger partial charge in [-0.1, -0.05) is 0 Å². The number of hydrogen-bond acceptors (Lipinski definition) is 5. The number of amides is 1. The highest BCUT2D eigenvalue weighted by Gasteiger charge is 2.48. The van der Waals surface area contributed by atoms with Crippen LogP contribution in [0.25, 0.3) is 0 Å². The Morgan fingerprint density at radius 3 is 2.50 bits per heavy atom. The molecule has 142 valence electrons. The number of aryl methyl sites for hydroxylation is 1. The van der Waals surface area contributed by atoms with Crippen LogP contribution in [-0.4, -0.2) is 44.7 Å². The third kappa shape index (κ3) is 2.80. The van der Waals surface area contributed by atoms with Crippen molar-refractivity contribution in [3.8, 4) is 0 Å². The van der Waals surface area contributed by atoms with Crippen LogP contribution in [0.4, 0.5) is 5.95 Å². The van der Waals surface area contributed by atoms with Gasteiger partial charge < -0.3 is 11.1 Å². The highest BCUT2D eigenvalue weighted by molar-refractivity contribution is 5.78. The lowest BCUT2D eigenvalue weighted by atomic mass is 9.54. The highest BCUT2D eigenvalue weighted by Crippen LogP contribution is 2.53. The Morgan fingerprint density at radius 2 is 1.88 bits per heavy atom. The van der Waals surface area contributed by atoms with Crippen LogP contribution in [-0.2, 0) is 11.8 Å². The minimum atomic E-state index is 0.114. The summed E-state index contributed by atoms with van der Waals surface area (Å²) < 4.78 is 1.61. The van der Waals surface area contributed by atoms with E-state index in [1.165, 1.54) is 32.1 Å². The molecule has 1 amide bonds. The van der Waals surface area contributed by atoms with Crippen LogP contribution in [0.5, 0.6) is 0 Å². The van der Waals surface area contributed by atoms with Gasteiger partial charge in [0.05, 0.1) is 12.6 Å². The molecule has 2 heterocycles. The first-order valence-electron chi connectivity index (χ1n) is 10.3. The molecule has 1 saturated heterocycles. The fourth-order valence-corrected chi connectivity index (χ4v) is 6.44. The molecular formula is C19H30N6O. The van der Waals surface area contributed by atoms with E-state index >= 15 is 0 Å². The summed E-state index contributed by atoms with van der Waals surface area (Å²) in [5, 5.41) is 7.86. The van der Waals surface area contributed by atoms with Crippen molar-refractivity contribution in [3.63, 3.8) is 0 Å². The van der Waals surface area contributed by atoms with E-state index < -0.39 is 0 Å². The van der Waals surface area contributed by atoms with Crippen molar-refractivity contribution in [2.45, 2.75) is 57.0 Å². The molecule has 3 N–H and O–H groups in total. The fraction of sp³-hybridized carbons (Fsp3) is 0.842. The van der Waals surface area contributed by atoms with Crippen LogP contribution >= 0.6 is 0 Å². The summed E-state index contributed by atoms with van der Waals surface area (Å²) in [7, 11) is 1.81. The number of nitrogens with two attached hydrogens (primary N) is 1. The standard InChI is InChI=1S/C19H30N6O/c1-24-19(20)22-18(23-24)15-3-2-4-25(15)10-16(26)21-17-13-6-11-5-12(8-13)9-14(17)7-11/h11-15,17H,2-10H2,1H3,(H,21,26)(H2,20,22,23). The van der Waals surface area contributed by atoms with Gasteiger partial charge in [0.15, 0.2) is 5.82 Å². The number of aromatic nitrogens is 3. The van der Waals surface area contributed by atoms with Crippen LogP contribution in [0.3, 0.4) is 0 Å². The van der Waals surface area contributed by atoms with Crippen LogP contribution in [0.2, 0.25) is 0 Å². The Bertz CT molecular complexity index is 653. The third-order valence-corrected chi connectivity index (χ3v) is 7.38. The first-order valence-corrected chi connectivity index (χ1v) is 10.3. The van der Waals surface area contributed by atoms with Crippen LogP contribution < -0.4 is 11.1 Å². The number of nitrogens with zero attached hydrogens (tertiary/aromatic N) is 4. The quantitative estimate of drug-likeness (QED) is 0.851. The monoisotopic (exact) mass is 358 g/mol. The lowest BCUT2D eigenvalue weighted by molar-refractivity contribution is -0.126. The zero-order valence-corrected chi connectivity index (χ0v) is 15.6. The maximum absolute atomic E-state index is 12.8. The Kier molecular flexibility index (Phi) is 3.95. The molecule has 26 heavy (non-hydrogen) atoms. The molecule has 4 aliphatic carbocycles. The topological polar surface area (TPSA) is 89.1 Å². The second-order valence-corrected chi connectivity index (χ2v) is 9.10. The molecule has 7 heteroatoms. The van der Waals surface area contributed by atoms with E-state index in [-0.39, 0.29) is 11.9 Å². The summed E-state index contributed by atoms with van der Waals surface area (Å²) >= 11 is 0. The predicted molar refractivity (Wildman–Crippen MR) is 97.9 cm³/mol. The Hall–Kier alpha value is -1.63. The predicted octanol–water partition coefficient (Wildman–Crippen LogP) is 1.48. The lowest BCUT2D eigenvalue weighted by Crippen LogP contribution is -2.57. The largest absolute Gasteiger partial charge is 0.368 e. The summed E-state index contributed by atoms with van der Waals surface area (Å²) in [4.78, 5) is 19.4. The average molecular weight is 358 g/mol. The SMILES string of the molecule is Cn1nc(C2CCCN2CC(=O)NC2C3CC4CC(C3)CC2C4)nc1N. The van der Waals surface area contributed by atoms with E-state index in [0.717, 1.165) is 48.9 Å². The van der Waals surface area contributed by atoms with Crippen LogP contribution in [0.15, 0.2) is 0 Å². The molecule has 0 aromatic carbocycles. The molecule has 5 aliphatic rings. The number of nitrogen functional groups attached to an aromatic ring is 1. The Labute approximate surface area is 154 Å². The maximum Gasteiger partial charge on any atom is 0.234 e. The van der Waals surface area contributed by atoms with E-state index in [4.69, 9.17) is 5.73 Å². The molecule has 7 nitrogen and oxygen atoms in total. The van der Waals surface area contributed by atoms with Gasteiger partial charge in [-0.25, -0.2) is 4.68 Å². The van der Waals surface area contributed by atoms with E-state index in [2.05, 4.69) is 20.3 Å². The van der Waals surface area contributed by atoms with Crippen molar-refractivity contribution >= 4 is 11.9 Å². The van der Waals surface area contributed by atoms with Gasteiger partial charge in [-0.05, 0) is 75.2 Å². The van der Waals surface area contributed by atoms with Crippen molar-refractivity contribution in [2.75, 3.05) is 18.8 Å². The normalized spacial score (nSPS) is 38.8. The summed E-state index contributed by atoms with van der Waals surface area (Å²) in [6.45, 7) is 1.38. The van der Waals surface area contributed by atoms with E-state index in [1.54, 1.807) is 4.68 Å². The average Bonchev–Trinajstić information content (AvgIpc) is 3.17. The van der Waals surface area contributed by atoms with Crippen molar-refractivity contribution in [3.05, 3.63) is 5.82 Å². The number of nitrogens with one attached hydrogen (secondary N) is 1. The number of carbonyl (C=O) groups excluding carboxylic acids is 1. The second-order valence-electron chi connectivity index (χ2n) is 9.10. The van der Waals surface area contributed by atoms with E-state index in [1.807, 2.05) is 7.05 Å². The molecule has 6 rings (SSSR count). The lowest BCUT2D eigenvalue weighted by Gasteiger charge is -2.54. The summed E-state index contributed by atoms with van der Waals surface area (Å²) in [6, 6.07) is 0.530. The van der Waals surface area contributed by atoms with Crippen LogP contribution in [0.1, 0.15) is 56.8 Å². The van der Waals surface area contributed by atoms with Crippen molar-refractivity contribution in [1.82, 2.24) is 25.0 Å². The third-order valence-electron chi connectivity index (χ3n) is 7.38. The van der Waals surface area contributed by atoms with Gasteiger partial charge in [-0.2, -0.15) is 10.1 Å². The summed E-state index contributed by atoms with van der Waals surface area (Å²) in [6.07, 6.45) is 8.86. The fourth-order valence-electron chi connectivity index (χ4n) is 6.44. The highest BCUT2D eigenvalue weighted by atomic mass is 16.2. The molecule has 1 unspecified atom stereocenters. The molecule has 5 fully saturated rings. The second kappa shape index (κ2) is 6.22. The van der Waals surface area contributed by atoms with Crippen LogP contribution in [0, 0.1) is 23.7 Å². The van der Waals surface area contributed by atoms with E-state index in [0.29, 0.717) is 18.5 Å². The maximum atomic E-state index is 12.8. The van der Waals surface area contributed by atoms with Gasteiger partial charge in [-0.3, -0.25) is 9.69 Å². The summed E-state index contributed by atoms with van der Waals surface area (Å²) in [5.74, 6) is 4.69. The first kappa shape index (κ1) is 16.5. The summed E-state index contributed by atoms with van der Waals surface area (Å²) in [5.41, 5.74) is 5.84. The smallest absolute Gasteiger partial charge is 0.234 e. The number of hydrogen-bond donors (Lipinski definition) is 2. The van der Waals surface area contributed by atoms with Gasteiger partial charge in [0, 0.05) is 13.1 Å². The molecule has 1 atom stereocenters. The minimum absolute atomic E-state index is 0.114. The van der Waals surface area contributed by atoms with E-state index in [9.17, 15) is 4.79 Å². The molecule has 1 aromatic heterocycles. The minimum Gasteiger partial charge on any atom is -0.368 e. The van der Waals surface area contributed by atoms with Gasteiger partial charge in [-0.15, -0.1) is 0 Å². The molecule has 1 aliphatic heterocycles. The number of likely N-dealkylation sites (tertiary alicyclic amines) is 1. The van der Waals surface area contributed by atoms with Crippen molar-refractivity contribution in [2.24, 2.45) is 30.7 Å². The zero-order valence-electron chi connectivity index (χ0n) is 15.6. The zero-order chi connectivity index (χ0) is 17.8. The van der Waals surface area contributed by atoms with Gasteiger partial charge in [0.2, 0.25) is 11.9 Å². The Balaban J connectivity index is 1.22. The number of anilines is 1. The molecule has 4 bridgehead atoms. The Morgan fingerprint density at radius 1 is 1.19 bits per heavy atom. The molecule has 4 saturated carbocycles. The molecule has 0 radical (unpaired) electrons.